The molecule has 0 amide bonds. The van der Waals surface area contributed by atoms with Crippen LogP contribution in [-0.4, -0.2) is 63.9 Å². The number of anilines is 5. The normalized spacial score (nSPS) is 11.5. The van der Waals surface area contributed by atoms with Crippen molar-refractivity contribution in [1.82, 2.24) is 0 Å². The maximum absolute atomic E-state index is 13.6. The molecule has 0 aliphatic rings. The summed E-state index contributed by atoms with van der Waals surface area (Å²) in [5, 5.41) is 30.1. The lowest BCUT2D eigenvalue weighted by Gasteiger charge is -2.28. The Morgan fingerprint density at radius 1 is 0.451 bits per heavy atom. The Labute approximate surface area is 417 Å². The number of carbonyl (C=O) groups is 3. The summed E-state index contributed by atoms with van der Waals surface area (Å²) >= 11 is 0. The average molecular weight is 947 g/mol. The van der Waals surface area contributed by atoms with Crippen molar-refractivity contribution in [3.63, 3.8) is 0 Å². The van der Waals surface area contributed by atoms with Crippen molar-refractivity contribution >= 4 is 76.7 Å². The van der Waals surface area contributed by atoms with Gasteiger partial charge >= 0.3 is 17.9 Å². The minimum absolute atomic E-state index is 0.293. The third-order valence-electron chi connectivity index (χ3n) is 11.6. The molecular weight excluding hydrogens is 889 g/mol. The third-order valence-corrected chi connectivity index (χ3v) is 11.6. The number of benzene rings is 5. The van der Waals surface area contributed by atoms with Crippen molar-refractivity contribution in [2.24, 2.45) is 5.41 Å². The molecule has 0 unspecified atom stereocenters. The smallest absolute Gasteiger partial charge is 0.348 e. The van der Waals surface area contributed by atoms with Gasteiger partial charge in [-0.1, -0.05) is 86.0 Å². The number of carbonyl (C=O) groups excluding carboxylic acids is 3. The van der Waals surface area contributed by atoms with Gasteiger partial charge in [0.1, 0.15) is 54.7 Å². The van der Waals surface area contributed by atoms with Crippen LogP contribution in [0.4, 0.5) is 28.4 Å². The molecule has 0 aliphatic carbocycles. The molecule has 5 aromatic rings. The third kappa shape index (κ3) is 14.5. The van der Waals surface area contributed by atoms with Crippen molar-refractivity contribution in [2.45, 2.75) is 34.6 Å². The fraction of sp³-hybridized carbons (Fsp3) is 0.220. The van der Waals surface area contributed by atoms with Crippen molar-refractivity contribution in [2.75, 3.05) is 60.7 Å². The maximum Gasteiger partial charge on any atom is 0.348 e. The molecule has 0 aromatic heterocycles. The van der Waals surface area contributed by atoms with E-state index < -0.39 is 43.1 Å². The number of rotatable bonds is 23. The summed E-state index contributed by atoms with van der Waals surface area (Å²) < 4.78 is 16.9. The molecule has 0 heterocycles. The average Bonchev–Trinajstić information content (AvgIpc) is 3.41. The van der Waals surface area contributed by atoms with E-state index in [0.29, 0.717) is 16.7 Å². The molecule has 0 saturated heterocycles. The highest BCUT2D eigenvalue weighted by Crippen LogP contribution is 2.35. The van der Waals surface area contributed by atoms with E-state index in [-0.39, 0.29) is 16.7 Å². The number of nitrogens with zero attached hydrogens (tertiary/aromatic N) is 6. The van der Waals surface area contributed by atoms with Crippen LogP contribution >= 0.6 is 0 Å². The topological polar surface area (TPSA) is 160 Å². The molecule has 12 nitrogen and oxygen atoms in total. The summed E-state index contributed by atoms with van der Waals surface area (Å²) in [5.74, 6) is -2.91. The monoisotopic (exact) mass is 946 g/mol. The molecule has 0 fully saturated rings. The van der Waals surface area contributed by atoms with Crippen molar-refractivity contribution < 1.29 is 28.6 Å². The van der Waals surface area contributed by atoms with E-state index in [0.717, 1.165) is 65.7 Å². The van der Waals surface area contributed by atoms with Gasteiger partial charge in [0.2, 0.25) is 0 Å². The Hall–Kier alpha value is -8.92. The standard InChI is InChI=1S/C59H58N6O6/c1-8-43-14-28-53(29-15-43)65(54-30-16-44(9-2)17-31-54)55-32-22-47(23-33-55)36-50(39-62)58(68)71-42-59(7,40-69-56(66)48(37-60)34-45-18-24-51(25-19-45)63(10-3)11-4)41-70-57(67)49(38-61)35-46-20-26-52(27-21-46)64(12-5)13-6/h8-9,14-36H,1-2,10-13,40-42H2,3-7H3/b48-34+,49-35+,50-36+. The van der Waals surface area contributed by atoms with Crippen LogP contribution in [-0.2, 0) is 28.6 Å². The van der Waals surface area contributed by atoms with Crippen molar-refractivity contribution in [3.05, 3.63) is 179 Å². The number of nitriles is 3. The second-order valence-corrected chi connectivity index (χ2v) is 16.6. The van der Waals surface area contributed by atoms with Gasteiger partial charge in [0.25, 0.3) is 0 Å². The van der Waals surface area contributed by atoms with Crippen LogP contribution in [0.1, 0.15) is 62.4 Å². The summed E-state index contributed by atoms with van der Waals surface area (Å²) in [6.07, 6.45) is 7.74. The maximum atomic E-state index is 13.6. The fourth-order valence-electron chi connectivity index (χ4n) is 7.41. The van der Waals surface area contributed by atoms with Gasteiger partial charge in [-0.3, -0.25) is 0 Å². The summed E-state index contributed by atoms with van der Waals surface area (Å²) in [6, 6.07) is 43.6. The number of ether oxygens (including phenoxy) is 3. The van der Waals surface area contributed by atoms with Gasteiger partial charge in [-0.2, -0.15) is 15.8 Å². The molecule has 0 radical (unpaired) electrons. The van der Waals surface area contributed by atoms with E-state index in [1.54, 1.807) is 55.5 Å². The molecule has 0 N–H and O–H groups in total. The Morgan fingerprint density at radius 3 is 0.915 bits per heavy atom. The molecule has 71 heavy (non-hydrogen) atoms. The Bertz CT molecular complexity index is 2720. The van der Waals surface area contributed by atoms with Gasteiger partial charge in [0.05, 0.1) is 5.41 Å². The second kappa shape index (κ2) is 26.0. The molecular formula is C59H58N6O6. The van der Waals surface area contributed by atoms with E-state index in [4.69, 9.17) is 14.2 Å². The summed E-state index contributed by atoms with van der Waals surface area (Å²) in [4.78, 5) is 46.8. The van der Waals surface area contributed by atoms with E-state index in [1.807, 2.05) is 131 Å². The van der Waals surface area contributed by atoms with E-state index in [2.05, 4.69) is 27.9 Å². The first-order valence-corrected chi connectivity index (χ1v) is 23.3. The SMILES string of the molecule is C=Cc1ccc(N(c2ccc(C=C)cc2)c2ccc(/C=C(\C#N)C(=O)OCC(C)(COC(=O)/C(C#N)=C/c3ccc(N(CC)CC)cc3)COC(=O)/C(C#N)=C/c3ccc(N(CC)CC)cc3)cc2)cc1. The van der Waals surface area contributed by atoms with E-state index >= 15 is 0 Å². The van der Waals surface area contributed by atoms with Gasteiger partial charge in [-0.15, -0.1) is 0 Å². The molecule has 360 valence electrons. The minimum Gasteiger partial charge on any atom is -0.461 e. The lowest BCUT2D eigenvalue weighted by molar-refractivity contribution is -0.155. The number of esters is 3. The van der Waals surface area contributed by atoms with Crippen LogP contribution in [0.5, 0.6) is 0 Å². The van der Waals surface area contributed by atoms with Crippen LogP contribution in [0.3, 0.4) is 0 Å². The minimum atomic E-state index is -1.42. The largest absolute Gasteiger partial charge is 0.461 e. The fourth-order valence-corrected chi connectivity index (χ4v) is 7.41. The lowest BCUT2D eigenvalue weighted by atomic mass is 9.94. The molecule has 0 atom stereocenters. The Morgan fingerprint density at radius 2 is 0.690 bits per heavy atom. The first-order chi connectivity index (χ1) is 34.3. The zero-order chi connectivity index (χ0) is 51.3. The van der Waals surface area contributed by atoms with Gasteiger partial charge in [0, 0.05) is 54.6 Å². The highest BCUT2D eigenvalue weighted by Gasteiger charge is 2.33. The van der Waals surface area contributed by atoms with Crippen molar-refractivity contribution in [3.8, 4) is 18.2 Å². The van der Waals surface area contributed by atoms with Crippen LogP contribution < -0.4 is 14.7 Å². The number of hydrogen-bond acceptors (Lipinski definition) is 12. The van der Waals surface area contributed by atoms with E-state index in [9.17, 15) is 30.2 Å². The van der Waals surface area contributed by atoms with Gasteiger partial charge in [0.15, 0.2) is 0 Å². The predicted molar refractivity (Wildman–Crippen MR) is 283 cm³/mol. The van der Waals surface area contributed by atoms with Gasteiger partial charge in [-0.05, 0) is 141 Å². The van der Waals surface area contributed by atoms with E-state index in [1.165, 1.54) is 18.2 Å². The summed E-state index contributed by atoms with van der Waals surface area (Å²) in [6.45, 7) is 19.2. The van der Waals surface area contributed by atoms with Crippen LogP contribution in [0, 0.1) is 39.4 Å². The van der Waals surface area contributed by atoms with Crippen LogP contribution in [0.2, 0.25) is 0 Å². The Kier molecular flexibility index (Phi) is 19.4. The molecule has 5 rings (SSSR count). The molecule has 0 saturated carbocycles. The highest BCUT2D eigenvalue weighted by atomic mass is 16.6. The molecule has 0 spiro atoms. The van der Waals surface area contributed by atoms with Crippen LogP contribution in [0.15, 0.2) is 151 Å². The van der Waals surface area contributed by atoms with Gasteiger partial charge < -0.3 is 28.9 Å². The molecule has 0 bridgehead atoms. The quantitative estimate of drug-likeness (QED) is 0.0264. The highest BCUT2D eigenvalue weighted by molar-refractivity contribution is 5.99. The van der Waals surface area contributed by atoms with Crippen molar-refractivity contribution in [1.29, 1.82) is 15.8 Å². The Balaban J connectivity index is 1.36. The van der Waals surface area contributed by atoms with Crippen LogP contribution in [0.25, 0.3) is 30.4 Å². The summed E-state index contributed by atoms with van der Waals surface area (Å²) in [7, 11) is 0. The lowest BCUT2D eigenvalue weighted by Crippen LogP contribution is -2.37. The molecule has 12 heteroatoms. The number of hydrogen-bond donors (Lipinski definition) is 0. The zero-order valence-corrected chi connectivity index (χ0v) is 40.9. The first-order valence-electron chi connectivity index (χ1n) is 23.3. The summed E-state index contributed by atoms with van der Waals surface area (Å²) in [5.41, 5.74) is 5.92. The first kappa shape index (κ1) is 53.0. The second-order valence-electron chi connectivity index (χ2n) is 16.6. The van der Waals surface area contributed by atoms with Gasteiger partial charge in [-0.25, -0.2) is 14.4 Å². The predicted octanol–water partition coefficient (Wildman–Crippen LogP) is 11.9. The molecule has 5 aromatic carbocycles. The zero-order valence-electron chi connectivity index (χ0n) is 40.9. The molecule has 0 aliphatic heterocycles.